The molecule has 0 aliphatic rings. The van der Waals surface area contributed by atoms with E-state index in [0.29, 0.717) is 19.4 Å². The van der Waals surface area contributed by atoms with E-state index in [1.807, 2.05) is 81.4 Å². The molecule has 0 unspecified atom stereocenters. The van der Waals surface area contributed by atoms with E-state index in [9.17, 15) is 19.5 Å². The molecule has 8 nitrogen and oxygen atoms in total. The van der Waals surface area contributed by atoms with Crippen LogP contribution in [0.2, 0.25) is 0 Å². The van der Waals surface area contributed by atoms with Crippen LogP contribution in [0, 0.1) is 0 Å². The molecule has 8 heteroatoms. The van der Waals surface area contributed by atoms with Gasteiger partial charge in [-0.3, -0.25) is 14.4 Å². The number of carbonyl (C=O) groups excluding carboxylic acids is 3. The highest BCUT2D eigenvalue weighted by atomic mass is 16.6. The summed E-state index contributed by atoms with van der Waals surface area (Å²) in [4.78, 5) is 34.3. The van der Waals surface area contributed by atoms with Crippen LogP contribution in [0.1, 0.15) is 70.4 Å². The molecule has 0 bridgehead atoms. The summed E-state index contributed by atoms with van der Waals surface area (Å²) in [5.41, 5.74) is 6.70. The standard InChI is InChI=1S/C21H24O5.C8H17NO2/c22-19(11-13-20(23)25-15-17-7-3-1-4-8-17)12-14-21(24)26-16-18-9-5-2-6-10-18;1-8(2,3)11-7(10)5-4-6-9/h1-10,19,22H,11-16H2;4-6,9H2,1-3H3. The summed E-state index contributed by atoms with van der Waals surface area (Å²) in [6.07, 6.45) is 1.16. The quantitative estimate of drug-likeness (QED) is 0.296. The summed E-state index contributed by atoms with van der Waals surface area (Å²) in [7, 11) is 0. The Morgan fingerprint density at radius 3 is 1.57 bits per heavy atom. The fraction of sp³-hybridized carbons (Fsp3) is 0.483. The molecule has 204 valence electrons. The molecule has 0 atom stereocenters. The number of carbonyl (C=O) groups is 3. The Labute approximate surface area is 220 Å². The van der Waals surface area contributed by atoms with E-state index in [2.05, 4.69) is 0 Å². The fourth-order valence-corrected chi connectivity index (χ4v) is 2.97. The molecule has 0 saturated heterocycles. The second-order valence-corrected chi connectivity index (χ2v) is 9.50. The highest BCUT2D eigenvalue weighted by Gasteiger charge is 2.15. The van der Waals surface area contributed by atoms with E-state index in [1.54, 1.807) is 0 Å². The van der Waals surface area contributed by atoms with Crippen LogP contribution in [-0.4, -0.2) is 41.3 Å². The number of esters is 3. The molecule has 0 saturated carbocycles. The van der Waals surface area contributed by atoms with Gasteiger partial charge in [0.25, 0.3) is 0 Å². The topological polar surface area (TPSA) is 125 Å². The van der Waals surface area contributed by atoms with Crippen molar-refractivity contribution >= 4 is 17.9 Å². The van der Waals surface area contributed by atoms with Crippen LogP contribution in [0.15, 0.2) is 60.7 Å². The zero-order valence-corrected chi connectivity index (χ0v) is 22.2. The largest absolute Gasteiger partial charge is 0.461 e. The van der Waals surface area contributed by atoms with Gasteiger partial charge in [0.2, 0.25) is 0 Å². The van der Waals surface area contributed by atoms with E-state index in [-0.39, 0.29) is 62.4 Å². The summed E-state index contributed by atoms with van der Waals surface area (Å²) in [6, 6.07) is 18.8. The molecule has 0 amide bonds. The highest BCUT2D eigenvalue weighted by molar-refractivity contribution is 5.70. The molecular formula is C29H41NO7. The van der Waals surface area contributed by atoms with Gasteiger partial charge in [-0.2, -0.15) is 0 Å². The first-order valence-corrected chi connectivity index (χ1v) is 12.6. The van der Waals surface area contributed by atoms with Gasteiger partial charge in [-0.15, -0.1) is 0 Å². The Hall–Kier alpha value is -3.23. The van der Waals surface area contributed by atoms with Crippen molar-refractivity contribution in [2.24, 2.45) is 5.73 Å². The molecule has 0 heterocycles. The number of aliphatic hydroxyl groups is 1. The maximum atomic E-state index is 11.7. The Kier molecular flexibility index (Phi) is 15.5. The average Bonchev–Trinajstić information content (AvgIpc) is 2.87. The minimum atomic E-state index is -0.733. The second kappa shape index (κ2) is 18.1. The minimum Gasteiger partial charge on any atom is -0.461 e. The van der Waals surface area contributed by atoms with Gasteiger partial charge >= 0.3 is 17.9 Å². The van der Waals surface area contributed by atoms with Crippen molar-refractivity contribution in [3.63, 3.8) is 0 Å². The van der Waals surface area contributed by atoms with Crippen LogP contribution >= 0.6 is 0 Å². The summed E-state index contributed by atoms with van der Waals surface area (Å²) in [6.45, 7) is 6.55. The molecule has 37 heavy (non-hydrogen) atoms. The number of hydrogen-bond donors (Lipinski definition) is 2. The first-order chi connectivity index (χ1) is 17.6. The van der Waals surface area contributed by atoms with E-state index in [1.165, 1.54) is 0 Å². The SMILES string of the molecule is CC(C)(C)OC(=O)CCCN.O=C(CCC(O)CCC(=O)OCc1ccccc1)OCc1ccccc1. The molecule has 0 aliphatic heterocycles. The van der Waals surface area contributed by atoms with Gasteiger partial charge in [-0.05, 0) is 57.7 Å². The lowest BCUT2D eigenvalue weighted by Gasteiger charge is -2.19. The third kappa shape index (κ3) is 17.8. The molecular weight excluding hydrogens is 474 g/mol. The molecule has 3 N–H and O–H groups in total. The number of ether oxygens (including phenoxy) is 3. The predicted molar refractivity (Wildman–Crippen MR) is 141 cm³/mol. The van der Waals surface area contributed by atoms with Gasteiger partial charge < -0.3 is 25.1 Å². The van der Waals surface area contributed by atoms with Crippen molar-refractivity contribution in [2.45, 2.75) is 84.2 Å². The molecule has 0 radical (unpaired) electrons. The van der Waals surface area contributed by atoms with Crippen LogP contribution in [0.4, 0.5) is 0 Å². The summed E-state index contributed by atoms with van der Waals surface area (Å²) < 4.78 is 15.3. The Balaban J connectivity index is 0.000000525. The van der Waals surface area contributed by atoms with Crippen LogP contribution < -0.4 is 5.73 Å². The molecule has 2 aromatic carbocycles. The number of hydrogen-bond acceptors (Lipinski definition) is 8. The van der Waals surface area contributed by atoms with Crippen molar-refractivity contribution in [2.75, 3.05) is 6.54 Å². The van der Waals surface area contributed by atoms with E-state index < -0.39 is 6.10 Å². The number of nitrogens with two attached hydrogens (primary N) is 1. The lowest BCUT2D eigenvalue weighted by Crippen LogP contribution is -2.24. The van der Waals surface area contributed by atoms with Crippen LogP contribution in [0.3, 0.4) is 0 Å². The maximum Gasteiger partial charge on any atom is 0.306 e. The van der Waals surface area contributed by atoms with Gasteiger partial charge in [-0.1, -0.05) is 60.7 Å². The minimum absolute atomic E-state index is 0.118. The van der Waals surface area contributed by atoms with E-state index in [4.69, 9.17) is 19.9 Å². The van der Waals surface area contributed by atoms with Crippen molar-refractivity contribution in [3.05, 3.63) is 71.8 Å². The van der Waals surface area contributed by atoms with Gasteiger partial charge in [0.1, 0.15) is 18.8 Å². The fourth-order valence-electron chi connectivity index (χ4n) is 2.97. The van der Waals surface area contributed by atoms with Crippen LogP contribution in [-0.2, 0) is 41.8 Å². The summed E-state index contributed by atoms with van der Waals surface area (Å²) in [5.74, 6) is -0.887. The number of aliphatic hydroxyl groups excluding tert-OH is 1. The molecule has 2 rings (SSSR count). The molecule has 0 spiro atoms. The normalized spacial score (nSPS) is 10.8. The van der Waals surface area contributed by atoms with Crippen LogP contribution in [0.5, 0.6) is 0 Å². The summed E-state index contributed by atoms with van der Waals surface area (Å²) in [5, 5.41) is 9.90. The van der Waals surface area contributed by atoms with Gasteiger partial charge in [0.15, 0.2) is 0 Å². The van der Waals surface area contributed by atoms with Gasteiger partial charge in [0.05, 0.1) is 6.10 Å². The summed E-state index contributed by atoms with van der Waals surface area (Å²) >= 11 is 0. The van der Waals surface area contributed by atoms with E-state index in [0.717, 1.165) is 11.1 Å². The molecule has 0 aliphatic carbocycles. The first kappa shape index (κ1) is 31.8. The van der Waals surface area contributed by atoms with Gasteiger partial charge in [0, 0.05) is 19.3 Å². The first-order valence-electron chi connectivity index (χ1n) is 12.6. The molecule has 0 fully saturated rings. The third-order valence-corrected chi connectivity index (χ3v) is 4.85. The second-order valence-electron chi connectivity index (χ2n) is 9.50. The van der Waals surface area contributed by atoms with Crippen molar-refractivity contribution in [1.29, 1.82) is 0 Å². The zero-order chi connectivity index (χ0) is 27.5. The maximum absolute atomic E-state index is 11.7. The number of benzene rings is 2. The Morgan fingerprint density at radius 1 is 0.757 bits per heavy atom. The van der Waals surface area contributed by atoms with Crippen LogP contribution in [0.25, 0.3) is 0 Å². The lowest BCUT2D eigenvalue weighted by molar-refractivity contribution is -0.155. The average molecular weight is 516 g/mol. The molecule has 0 aromatic heterocycles. The highest BCUT2D eigenvalue weighted by Crippen LogP contribution is 2.10. The third-order valence-electron chi connectivity index (χ3n) is 4.85. The van der Waals surface area contributed by atoms with Crippen molar-refractivity contribution in [1.82, 2.24) is 0 Å². The Bertz CT molecular complexity index is 851. The van der Waals surface area contributed by atoms with E-state index >= 15 is 0 Å². The van der Waals surface area contributed by atoms with Crippen molar-refractivity contribution in [3.8, 4) is 0 Å². The van der Waals surface area contributed by atoms with Crippen molar-refractivity contribution < 1.29 is 33.7 Å². The molecule has 2 aromatic rings. The number of rotatable bonds is 13. The predicted octanol–water partition coefficient (Wildman–Crippen LogP) is 4.46. The zero-order valence-electron chi connectivity index (χ0n) is 22.2. The monoisotopic (exact) mass is 515 g/mol. The lowest BCUT2D eigenvalue weighted by atomic mass is 10.1. The smallest absolute Gasteiger partial charge is 0.306 e. The Morgan fingerprint density at radius 2 is 1.19 bits per heavy atom. The van der Waals surface area contributed by atoms with Gasteiger partial charge in [-0.25, -0.2) is 0 Å².